The first-order chi connectivity index (χ1) is 9.75. The van der Waals surface area contributed by atoms with Gasteiger partial charge in [0.2, 0.25) is 11.8 Å². The summed E-state index contributed by atoms with van der Waals surface area (Å²) in [6.45, 7) is 3.26. The van der Waals surface area contributed by atoms with Crippen LogP contribution in [0.3, 0.4) is 0 Å². The first-order valence-electron chi connectivity index (χ1n) is 6.61. The molecule has 2 aliphatic rings. The van der Waals surface area contributed by atoms with E-state index in [1.807, 2.05) is 0 Å². The van der Waals surface area contributed by atoms with Crippen molar-refractivity contribution in [2.75, 3.05) is 26.2 Å². The van der Waals surface area contributed by atoms with E-state index in [1.54, 1.807) is 13.8 Å². The number of rotatable bonds is 1. The van der Waals surface area contributed by atoms with E-state index < -0.39 is 29.5 Å². The Balaban J connectivity index is 2.25. The lowest BCUT2D eigenvalue weighted by Crippen LogP contribution is -2.69. The molecule has 9 heteroatoms. The molecule has 1 unspecified atom stereocenters. The second-order valence-electron chi connectivity index (χ2n) is 5.54. The Bertz CT molecular complexity index is 504. The maximum absolute atomic E-state index is 12.6. The molecule has 0 radical (unpaired) electrons. The number of aliphatic carboxylic acids is 1. The Morgan fingerprint density at radius 2 is 1.95 bits per heavy atom. The monoisotopic (exact) mass is 298 g/mol. The zero-order valence-electron chi connectivity index (χ0n) is 11.9. The van der Waals surface area contributed by atoms with Crippen LogP contribution < -0.4 is 10.6 Å². The summed E-state index contributed by atoms with van der Waals surface area (Å²) < 4.78 is 0. The van der Waals surface area contributed by atoms with E-state index in [-0.39, 0.29) is 25.5 Å². The summed E-state index contributed by atoms with van der Waals surface area (Å²) in [5, 5.41) is 14.3. The minimum Gasteiger partial charge on any atom is -0.480 e. The zero-order valence-corrected chi connectivity index (χ0v) is 11.9. The molecule has 2 aliphatic heterocycles. The number of urea groups is 1. The van der Waals surface area contributed by atoms with E-state index in [1.165, 1.54) is 4.90 Å². The molecule has 2 rings (SSSR count). The number of piperazine rings is 2. The molecule has 2 fully saturated rings. The molecule has 2 heterocycles. The van der Waals surface area contributed by atoms with Crippen molar-refractivity contribution in [3.8, 4) is 0 Å². The molecule has 0 aromatic carbocycles. The summed E-state index contributed by atoms with van der Waals surface area (Å²) in [6, 6.07) is -1.74. The summed E-state index contributed by atoms with van der Waals surface area (Å²) in [5.41, 5.74) is -1.09. The van der Waals surface area contributed by atoms with Gasteiger partial charge in [-0.15, -0.1) is 0 Å². The van der Waals surface area contributed by atoms with Crippen LogP contribution in [-0.2, 0) is 14.4 Å². The number of amides is 4. The Morgan fingerprint density at radius 1 is 1.29 bits per heavy atom. The van der Waals surface area contributed by atoms with Crippen LogP contribution in [0.5, 0.6) is 0 Å². The summed E-state index contributed by atoms with van der Waals surface area (Å²) in [4.78, 5) is 49.5. The van der Waals surface area contributed by atoms with E-state index in [9.17, 15) is 24.3 Å². The number of hydrogen-bond donors (Lipinski definition) is 3. The van der Waals surface area contributed by atoms with Crippen LogP contribution in [0.1, 0.15) is 13.8 Å². The zero-order chi connectivity index (χ0) is 15.8. The normalized spacial score (nSPS) is 25.1. The van der Waals surface area contributed by atoms with E-state index in [4.69, 9.17) is 0 Å². The average Bonchev–Trinajstić information content (AvgIpc) is 2.40. The van der Waals surface area contributed by atoms with Gasteiger partial charge >= 0.3 is 12.0 Å². The largest absolute Gasteiger partial charge is 0.480 e. The summed E-state index contributed by atoms with van der Waals surface area (Å²) in [5.74, 6) is -1.92. The van der Waals surface area contributed by atoms with Gasteiger partial charge in [-0.3, -0.25) is 14.5 Å². The van der Waals surface area contributed by atoms with Gasteiger partial charge in [0.1, 0.15) is 18.1 Å². The van der Waals surface area contributed by atoms with Gasteiger partial charge in [-0.05, 0) is 13.8 Å². The number of carboxylic acids is 1. The van der Waals surface area contributed by atoms with Crippen LogP contribution in [0.15, 0.2) is 0 Å². The standard InChI is InChI=1S/C12H18N4O5/c1-12(2)10(20)13-3-4-16(12)11(21)15-6-8(17)14-5-7(15)9(18)19/h7H,3-6H2,1-2H3,(H,13,20)(H,14,17)(H,18,19). The predicted molar refractivity (Wildman–Crippen MR) is 70.3 cm³/mol. The van der Waals surface area contributed by atoms with Gasteiger partial charge in [-0.1, -0.05) is 0 Å². The van der Waals surface area contributed by atoms with Gasteiger partial charge in [0, 0.05) is 19.6 Å². The smallest absolute Gasteiger partial charge is 0.328 e. The van der Waals surface area contributed by atoms with Gasteiger partial charge in [-0.25, -0.2) is 9.59 Å². The highest BCUT2D eigenvalue weighted by atomic mass is 16.4. The molecule has 3 N–H and O–H groups in total. The molecule has 0 aliphatic carbocycles. The molecule has 0 aromatic rings. The molecule has 0 aromatic heterocycles. The highest BCUT2D eigenvalue weighted by Crippen LogP contribution is 2.21. The molecular weight excluding hydrogens is 280 g/mol. The fourth-order valence-corrected chi connectivity index (χ4v) is 2.45. The van der Waals surface area contributed by atoms with Gasteiger partial charge in [0.25, 0.3) is 0 Å². The average molecular weight is 298 g/mol. The van der Waals surface area contributed by atoms with Crippen LogP contribution in [-0.4, -0.2) is 76.5 Å². The van der Waals surface area contributed by atoms with Gasteiger partial charge in [-0.2, -0.15) is 0 Å². The van der Waals surface area contributed by atoms with E-state index in [2.05, 4.69) is 10.6 Å². The fraction of sp³-hybridized carbons (Fsp3) is 0.667. The lowest BCUT2D eigenvalue weighted by atomic mass is 9.99. The third kappa shape index (κ3) is 2.63. The minimum absolute atomic E-state index is 0.139. The number of nitrogens with zero attached hydrogens (tertiary/aromatic N) is 2. The lowest BCUT2D eigenvalue weighted by molar-refractivity contribution is -0.145. The molecule has 2 saturated heterocycles. The van der Waals surface area contributed by atoms with Gasteiger partial charge in [0.15, 0.2) is 0 Å². The number of hydrogen-bond acceptors (Lipinski definition) is 4. The molecule has 9 nitrogen and oxygen atoms in total. The van der Waals surface area contributed by atoms with E-state index in [0.717, 1.165) is 4.90 Å². The second kappa shape index (κ2) is 5.23. The van der Waals surface area contributed by atoms with Crippen LogP contribution >= 0.6 is 0 Å². The Morgan fingerprint density at radius 3 is 2.57 bits per heavy atom. The highest BCUT2D eigenvalue weighted by Gasteiger charge is 2.45. The summed E-state index contributed by atoms with van der Waals surface area (Å²) in [7, 11) is 0. The first kappa shape index (κ1) is 15.1. The molecule has 0 saturated carbocycles. The number of nitrogens with one attached hydrogen (secondary N) is 2. The van der Waals surface area contributed by atoms with Crippen molar-refractivity contribution in [3.05, 3.63) is 0 Å². The molecule has 116 valence electrons. The van der Waals surface area contributed by atoms with Crippen LogP contribution in [0.25, 0.3) is 0 Å². The fourth-order valence-electron chi connectivity index (χ4n) is 2.45. The molecule has 21 heavy (non-hydrogen) atoms. The molecular formula is C12H18N4O5. The molecule has 4 amide bonds. The number of carbonyl (C=O) groups is 4. The maximum atomic E-state index is 12.6. The van der Waals surface area contributed by atoms with Crippen molar-refractivity contribution in [2.24, 2.45) is 0 Å². The van der Waals surface area contributed by atoms with Crippen LogP contribution in [0.4, 0.5) is 4.79 Å². The Labute approximate surface area is 121 Å². The van der Waals surface area contributed by atoms with Crippen molar-refractivity contribution in [2.45, 2.75) is 25.4 Å². The van der Waals surface area contributed by atoms with Crippen LogP contribution in [0, 0.1) is 0 Å². The summed E-state index contributed by atoms with van der Waals surface area (Å²) in [6.07, 6.45) is 0. The van der Waals surface area contributed by atoms with E-state index >= 15 is 0 Å². The minimum atomic E-state index is -1.19. The summed E-state index contributed by atoms with van der Waals surface area (Å²) >= 11 is 0. The number of carboxylic acid groups (broad SMARTS) is 1. The van der Waals surface area contributed by atoms with Crippen molar-refractivity contribution in [1.29, 1.82) is 0 Å². The lowest BCUT2D eigenvalue weighted by Gasteiger charge is -2.45. The predicted octanol–water partition coefficient (Wildman–Crippen LogP) is -1.80. The van der Waals surface area contributed by atoms with Crippen molar-refractivity contribution < 1.29 is 24.3 Å². The third-order valence-corrected chi connectivity index (χ3v) is 3.80. The molecule has 1 atom stereocenters. The third-order valence-electron chi connectivity index (χ3n) is 3.80. The first-order valence-corrected chi connectivity index (χ1v) is 6.61. The molecule has 0 bridgehead atoms. The maximum Gasteiger partial charge on any atom is 0.328 e. The van der Waals surface area contributed by atoms with Gasteiger partial charge < -0.3 is 20.6 Å². The molecule has 0 spiro atoms. The van der Waals surface area contributed by atoms with Crippen LogP contribution in [0.2, 0.25) is 0 Å². The van der Waals surface area contributed by atoms with Crippen molar-refractivity contribution >= 4 is 23.8 Å². The van der Waals surface area contributed by atoms with Crippen molar-refractivity contribution in [1.82, 2.24) is 20.4 Å². The quantitative estimate of drug-likeness (QED) is 0.528. The SMILES string of the molecule is CC1(C)C(=O)NCCN1C(=O)N1CC(=O)NCC1C(=O)O. The van der Waals surface area contributed by atoms with E-state index in [0.29, 0.717) is 6.54 Å². The topological polar surface area (TPSA) is 119 Å². The number of carbonyl (C=O) groups excluding carboxylic acids is 3. The van der Waals surface area contributed by atoms with Crippen molar-refractivity contribution in [3.63, 3.8) is 0 Å². The Hall–Kier alpha value is -2.32. The second-order valence-corrected chi connectivity index (χ2v) is 5.54. The highest BCUT2D eigenvalue weighted by molar-refractivity contribution is 5.95. The Kier molecular flexibility index (Phi) is 3.75. The van der Waals surface area contributed by atoms with Gasteiger partial charge in [0.05, 0.1) is 0 Å².